The zero-order valence-corrected chi connectivity index (χ0v) is 48.4. The van der Waals surface area contributed by atoms with E-state index in [0.717, 1.165) is 129 Å². The van der Waals surface area contributed by atoms with Gasteiger partial charge in [0.2, 0.25) is 11.8 Å². The number of β-amino-alcohol motifs (C(OH)–C–C–N with tert-alkyl or cyclic N) is 1. The van der Waals surface area contributed by atoms with E-state index in [2.05, 4.69) is 47.3 Å². The van der Waals surface area contributed by atoms with Crippen LogP contribution in [0.5, 0.6) is 11.8 Å². The highest BCUT2D eigenvalue weighted by Crippen LogP contribution is 2.40. The van der Waals surface area contributed by atoms with Crippen molar-refractivity contribution in [1.29, 1.82) is 0 Å². The van der Waals surface area contributed by atoms with Gasteiger partial charge in [0.25, 0.3) is 0 Å². The smallest absolute Gasteiger partial charge is 0.319 e. The highest BCUT2D eigenvalue weighted by Gasteiger charge is 2.44. The minimum atomic E-state index is -0.818. The number of pyridine rings is 1. The summed E-state index contributed by atoms with van der Waals surface area (Å²) in [5.41, 5.74) is 6.69. The Balaban J connectivity index is 0.634. The van der Waals surface area contributed by atoms with Crippen molar-refractivity contribution in [2.45, 2.75) is 109 Å². The lowest BCUT2D eigenvalue weighted by Crippen LogP contribution is -2.51. The standard InChI is InChI=1S/C62H75FN12O6S/c1-6-40-8-7-9-43-26-46(76)27-48(54(40)43)56-55(63)57-49(30-64-56)59(74-32-44-14-15-45(33-74)67-44)69-62(68-57)80-25-24-71-18-16-39(17-19-71)31-72-20-22-73(23-21-72)52-29-51(81-70-52)53(36(2)3)61(79)75-34-47(77)28-50(75)60(78)66-37(4)41-10-12-42(13-11-41)58-38(5)65-35-82-58/h7-13,26-27,29-30,35-37,39,44-45,47,50,53,67,76-77H,6,14-25,28,31-34H2,1-5H3,(H,66,78)/t37-,44?,45?,47+,50-,53+/m0/s1. The van der Waals surface area contributed by atoms with Crippen LogP contribution in [0.25, 0.3) is 43.4 Å². The summed E-state index contributed by atoms with van der Waals surface area (Å²) >= 11 is 1.60. The number of aliphatic hydroxyl groups is 1. The third kappa shape index (κ3) is 11.5. The maximum Gasteiger partial charge on any atom is 0.319 e. The quantitative estimate of drug-likeness (QED) is 0.0681. The Morgan fingerprint density at radius 3 is 2.40 bits per heavy atom. The van der Waals surface area contributed by atoms with Gasteiger partial charge in [0.1, 0.15) is 41.3 Å². The minimum Gasteiger partial charge on any atom is -0.508 e. The van der Waals surface area contributed by atoms with Gasteiger partial charge in [-0.15, -0.1) is 11.3 Å². The van der Waals surface area contributed by atoms with E-state index in [4.69, 9.17) is 24.2 Å². The summed E-state index contributed by atoms with van der Waals surface area (Å²) in [6.07, 6.45) is 6.08. The number of rotatable bonds is 17. The number of ether oxygens (including phenoxy) is 1. The normalized spacial score (nSPS) is 21.7. The molecule has 6 atom stereocenters. The molecule has 12 rings (SSSR count). The van der Waals surface area contributed by atoms with Gasteiger partial charge in [-0.1, -0.05) is 68.4 Å². The number of likely N-dealkylation sites (tertiary alicyclic amines) is 2. The van der Waals surface area contributed by atoms with Crippen LogP contribution >= 0.6 is 11.3 Å². The lowest BCUT2D eigenvalue weighted by Gasteiger charge is -2.38. The van der Waals surface area contributed by atoms with Crippen molar-refractivity contribution in [3.05, 3.63) is 101 Å². The van der Waals surface area contributed by atoms with Crippen LogP contribution in [-0.4, -0.2) is 165 Å². The zero-order valence-electron chi connectivity index (χ0n) is 47.6. The van der Waals surface area contributed by atoms with Crippen LogP contribution in [0.3, 0.4) is 0 Å². The van der Waals surface area contributed by atoms with E-state index in [1.54, 1.807) is 29.7 Å². The van der Waals surface area contributed by atoms with E-state index in [-0.39, 0.29) is 59.7 Å². The fourth-order valence-electron chi connectivity index (χ4n) is 13.3. The zero-order chi connectivity index (χ0) is 56.8. The van der Waals surface area contributed by atoms with E-state index in [0.29, 0.717) is 59.5 Å². The Labute approximate surface area is 482 Å². The van der Waals surface area contributed by atoms with Gasteiger partial charge < -0.3 is 44.8 Å². The summed E-state index contributed by atoms with van der Waals surface area (Å²) < 4.78 is 29.4. The molecule has 0 saturated carbocycles. The molecule has 5 aliphatic heterocycles. The van der Waals surface area contributed by atoms with Crippen LogP contribution in [0.4, 0.5) is 16.0 Å². The number of piperazine rings is 2. The molecule has 2 amide bonds. The number of aromatic nitrogens is 5. The van der Waals surface area contributed by atoms with Gasteiger partial charge in [0, 0.05) is 95.2 Å². The Morgan fingerprint density at radius 1 is 0.915 bits per heavy atom. The van der Waals surface area contributed by atoms with E-state index < -0.39 is 23.9 Å². The number of fused-ring (bicyclic) bond motifs is 4. The van der Waals surface area contributed by atoms with E-state index in [1.165, 1.54) is 4.90 Å². The van der Waals surface area contributed by atoms with Crippen molar-refractivity contribution in [3.63, 3.8) is 0 Å². The first-order valence-electron chi connectivity index (χ1n) is 29.5. The molecule has 20 heteroatoms. The highest BCUT2D eigenvalue weighted by atomic mass is 32.1. The number of carbonyl (C=O) groups is 2. The van der Waals surface area contributed by atoms with Gasteiger partial charge in [-0.25, -0.2) is 9.37 Å². The third-order valence-corrected chi connectivity index (χ3v) is 18.8. The topological polar surface area (TPSA) is 202 Å². The summed E-state index contributed by atoms with van der Waals surface area (Å²) in [6, 6.07) is 18.9. The first-order valence-corrected chi connectivity index (χ1v) is 30.3. The van der Waals surface area contributed by atoms with E-state index in [1.807, 2.05) is 81.7 Å². The van der Waals surface area contributed by atoms with Crippen molar-refractivity contribution in [1.82, 2.24) is 50.4 Å². The number of nitrogens with one attached hydrogen (secondary N) is 2. The van der Waals surface area contributed by atoms with Crippen LogP contribution < -0.4 is 25.2 Å². The summed E-state index contributed by atoms with van der Waals surface area (Å²) in [6.45, 7) is 18.8. The predicted molar refractivity (Wildman–Crippen MR) is 316 cm³/mol. The second-order valence-corrected chi connectivity index (χ2v) is 24.5. The average Bonchev–Trinajstić information content (AvgIpc) is 3.28. The fourth-order valence-corrected chi connectivity index (χ4v) is 14.1. The number of benzene rings is 3. The van der Waals surface area contributed by atoms with Crippen LogP contribution in [0.15, 0.2) is 76.9 Å². The molecular weight excluding hydrogens is 1060 g/mol. The lowest BCUT2D eigenvalue weighted by molar-refractivity contribution is -0.141. The number of amides is 2. The number of phenolic OH excluding ortho intramolecular Hbond substituents is 1. The molecule has 82 heavy (non-hydrogen) atoms. The number of nitrogens with zero attached hydrogens (tertiary/aromatic N) is 10. The molecule has 0 radical (unpaired) electrons. The third-order valence-electron chi connectivity index (χ3n) is 17.8. The van der Waals surface area contributed by atoms with E-state index >= 15 is 4.39 Å². The molecule has 2 unspecified atom stereocenters. The van der Waals surface area contributed by atoms with Crippen LogP contribution in [-0.2, 0) is 16.0 Å². The Kier molecular flexibility index (Phi) is 16.2. The highest BCUT2D eigenvalue weighted by molar-refractivity contribution is 7.13. The molecule has 5 saturated heterocycles. The first kappa shape index (κ1) is 55.7. The second kappa shape index (κ2) is 23.8. The fraction of sp³-hybridized carbons (Fsp3) is 0.500. The van der Waals surface area contributed by atoms with Gasteiger partial charge >= 0.3 is 6.01 Å². The SMILES string of the molecule is CCc1cccc2cc(O)cc(-c3ncc4c(N5CC6CCC(C5)N6)nc(OCCN5CCC(CN6CCN(c7cc([C@H](C(=O)N8C[C@H](O)C[C@H]8C(=O)N[C@@H](C)c8ccc(-c9scnc9C)cc8)C(C)C)on7)CC6)CC5)nc4c3F)c12. The van der Waals surface area contributed by atoms with Gasteiger partial charge in [-0.2, -0.15) is 9.97 Å². The number of thiazole rings is 1. The van der Waals surface area contributed by atoms with Crippen LogP contribution in [0.1, 0.15) is 94.3 Å². The molecule has 5 fully saturated rings. The molecular formula is C62H75FN12O6S. The van der Waals surface area contributed by atoms with Crippen LogP contribution in [0.2, 0.25) is 0 Å². The number of aryl methyl sites for hydroxylation is 2. The van der Waals surface area contributed by atoms with Crippen molar-refractivity contribution >= 4 is 56.5 Å². The van der Waals surface area contributed by atoms with Crippen molar-refractivity contribution < 1.29 is 33.5 Å². The number of hydrogen-bond donors (Lipinski definition) is 4. The number of aliphatic hydroxyl groups excluding tert-OH is 1. The summed E-state index contributed by atoms with van der Waals surface area (Å²) in [5, 5.41) is 35.1. The number of anilines is 2. The van der Waals surface area contributed by atoms with E-state index in [9.17, 15) is 19.8 Å². The molecule has 3 aromatic carbocycles. The number of piperidine rings is 1. The first-order chi connectivity index (χ1) is 39.7. The Morgan fingerprint density at radius 2 is 1.68 bits per heavy atom. The average molecular weight is 1140 g/mol. The number of carbonyl (C=O) groups excluding carboxylic acids is 2. The molecule has 9 heterocycles. The predicted octanol–water partition coefficient (Wildman–Crippen LogP) is 8.10. The molecule has 5 aliphatic rings. The largest absolute Gasteiger partial charge is 0.508 e. The maximum atomic E-state index is 17.1. The monoisotopic (exact) mass is 1130 g/mol. The van der Waals surface area contributed by atoms with Gasteiger partial charge in [-0.05, 0) is 110 Å². The maximum absolute atomic E-state index is 17.1. The lowest BCUT2D eigenvalue weighted by atomic mass is 9.91. The summed E-state index contributed by atoms with van der Waals surface area (Å²) in [7, 11) is 0. The van der Waals surface area contributed by atoms with Gasteiger partial charge in [0.15, 0.2) is 17.4 Å². The van der Waals surface area contributed by atoms with Crippen molar-refractivity contribution in [2.75, 3.05) is 88.4 Å². The molecule has 7 aromatic rings. The van der Waals surface area contributed by atoms with Gasteiger partial charge in [-0.3, -0.25) is 24.4 Å². The van der Waals surface area contributed by atoms with Crippen LogP contribution in [0, 0.1) is 24.6 Å². The molecule has 0 aliphatic carbocycles. The number of hydrogen-bond acceptors (Lipinski definition) is 17. The number of halogens is 1. The number of phenols is 1. The molecule has 432 valence electrons. The molecule has 0 spiro atoms. The molecule has 2 bridgehead atoms. The Hall–Kier alpha value is -6.84. The summed E-state index contributed by atoms with van der Waals surface area (Å²) in [5.74, 6) is 0.457. The van der Waals surface area contributed by atoms with Crippen molar-refractivity contribution in [3.8, 4) is 33.5 Å². The summed E-state index contributed by atoms with van der Waals surface area (Å²) in [4.78, 5) is 59.1. The Bertz CT molecular complexity index is 3420. The minimum absolute atomic E-state index is 0.0448. The number of aromatic hydroxyl groups is 1. The second-order valence-electron chi connectivity index (χ2n) is 23.7. The molecule has 4 N–H and O–H groups in total. The molecule has 4 aromatic heterocycles. The molecule has 18 nitrogen and oxygen atoms in total. The van der Waals surface area contributed by atoms with Crippen molar-refractivity contribution in [2.24, 2.45) is 11.8 Å². The van der Waals surface area contributed by atoms with Gasteiger partial charge in [0.05, 0.1) is 33.6 Å².